The third kappa shape index (κ3) is 8.11. The molecule has 0 heterocycles. The lowest BCUT2D eigenvalue weighted by Gasteiger charge is -2.34. The van der Waals surface area contributed by atoms with Gasteiger partial charge >= 0.3 is 0 Å². The van der Waals surface area contributed by atoms with Gasteiger partial charge in [0, 0.05) is 19.5 Å². The number of sulfonamides is 1. The van der Waals surface area contributed by atoms with Gasteiger partial charge in [0.25, 0.3) is 0 Å². The fourth-order valence-corrected chi connectivity index (χ4v) is 5.66. The molecule has 0 saturated carbocycles. The van der Waals surface area contributed by atoms with E-state index in [1.807, 2.05) is 61.5 Å². The van der Waals surface area contributed by atoms with Crippen molar-refractivity contribution in [2.24, 2.45) is 0 Å². The molecule has 0 aliphatic heterocycles. The van der Waals surface area contributed by atoms with Crippen LogP contribution in [0.3, 0.4) is 0 Å². The van der Waals surface area contributed by atoms with Gasteiger partial charge in [0.15, 0.2) is 0 Å². The zero-order valence-corrected chi connectivity index (χ0v) is 24.9. The molecule has 11 heteroatoms. The lowest BCUT2D eigenvalue weighted by molar-refractivity contribution is -0.140. The molecule has 208 valence electrons. The fourth-order valence-electron chi connectivity index (χ4n) is 4.11. The van der Waals surface area contributed by atoms with Crippen molar-refractivity contribution in [3.05, 3.63) is 98.5 Å². The van der Waals surface area contributed by atoms with Gasteiger partial charge in [0.1, 0.15) is 12.6 Å². The minimum absolute atomic E-state index is 0.00961. The maximum atomic E-state index is 14.0. The van der Waals surface area contributed by atoms with Crippen molar-refractivity contribution in [2.75, 3.05) is 23.7 Å². The lowest BCUT2D eigenvalue weighted by atomic mass is 10.0. The molecule has 0 bridgehead atoms. The van der Waals surface area contributed by atoms with Crippen molar-refractivity contribution < 1.29 is 18.0 Å². The number of nitrogens with one attached hydrogen (secondary N) is 1. The van der Waals surface area contributed by atoms with Crippen LogP contribution in [0, 0.1) is 6.92 Å². The zero-order chi connectivity index (χ0) is 28.7. The molecule has 0 saturated heterocycles. The number of aryl methyl sites for hydroxylation is 1. The van der Waals surface area contributed by atoms with Crippen LogP contribution in [-0.2, 0) is 32.6 Å². The van der Waals surface area contributed by atoms with Gasteiger partial charge in [-0.2, -0.15) is 0 Å². The number of carbonyl (C=O) groups excluding carboxylic acids is 2. The molecule has 39 heavy (non-hydrogen) atoms. The first-order valence-corrected chi connectivity index (χ1v) is 15.2. The normalized spacial score (nSPS) is 12.1. The second-order valence-electron chi connectivity index (χ2n) is 9.04. The highest BCUT2D eigenvalue weighted by Crippen LogP contribution is 2.35. The number of likely N-dealkylation sites (N-methyl/N-ethyl adjacent to an activating group) is 1. The summed E-state index contributed by atoms with van der Waals surface area (Å²) in [7, 11) is -4.00. The van der Waals surface area contributed by atoms with E-state index >= 15 is 0 Å². The molecule has 1 atom stereocenters. The summed E-state index contributed by atoms with van der Waals surface area (Å²) in [5, 5.41) is 3.06. The van der Waals surface area contributed by atoms with Gasteiger partial charge < -0.3 is 10.2 Å². The van der Waals surface area contributed by atoms with Gasteiger partial charge in [-0.25, -0.2) is 8.42 Å². The van der Waals surface area contributed by atoms with Gasteiger partial charge in [-0.05, 0) is 42.7 Å². The van der Waals surface area contributed by atoms with Crippen LogP contribution in [0.15, 0.2) is 66.7 Å². The molecule has 0 radical (unpaired) electrons. The molecule has 0 spiro atoms. The quantitative estimate of drug-likeness (QED) is 0.291. The Morgan fingerprint density at radius 2 is 1.54 bits per heavy atom. The van der Waals surface area contributed by atoms with E-state index in [0.29, 0.717) is 6.54 Å². The van der Waals surface area contributed by atoms with Crippen molar-refractivity contribution in [1.29, 1.82) is 0 Å². The van der Waals surface area contributed by atoms with E-state index in [1.165, 1.54) is 17.0 Å². The molecule has 3 rings (SSSR count). The van der Waals surface area contributed by atoms with E-state index in [4.69, 9.17) is 34.8 Å². The minimum Gasteiger partial charge on any atom is -0.355 e. The molecular formula is C28H30Cl3N3O4S. The van der Waals surface area contributed by atoms with Crippen LogP contribution in [0.25, 0.3) is 0 Å². The zero-order valence-electron chi connectivity index (χ0n) is 21.8. The molecule has 0 aromatic heterocycles. The number of carbonyl (C=O) groups is 2. The predicted molar refractivity (Wildman–Crippen MR) is 158 cm³/mol. The highest BCUT2D eigenvalue weighted by atomic mass is 35.5. The van der Waals surface area contributed by atoms with Gasteiger partial charge in [0.2, 0.25) is 21.8 Å². The Morgan fingerprint density at radius 3 is 2.15 bits per heavy atom. The van der Waals surface area contributed by atoms with Gasteiger partial charge in [-0.1, -0.05) is 89.4 Å². The van der Waals surface area contributed by atoms with Crippen molar-refractivity contribution in [3.63, 3.8) is 0 Å². The molecule has 3 aromatic rings. The third-order valence-corrected chi connectivity index (χ3v) is 8.31. The molecule has 2 amide bonds. The topological polar surface area (TPSA) is 86.8 Å². The summed E-state index contributed by atoms with van der Waals surface area (Å²) in [6.45, 7) is 3.56. The molecule has 0 fully saturated rings. The molecule has 1 N–H and O–H groups in total. The highest BCUT2D eigenvalue weighted by molar-refractivity contribution is 7.92. The molecule has 7 nitrogen and oxygen atoms in total. The Labute approximate surface area is 244 Å². The largest absolute Gasteiger partial charge is 0.355 e. The van der Waals surface area contributed by atoms with E-state index in [2.05, 4.69) is 5.32 Å². The number of benzene rings is 3. The van der Waals surface area contributed by atoms with Crippen molar-refractivity contribution in [2.45, 2.75) is 32.9 Å². The van der Waals surface area contributed by atoms with Crippen LogP contribution >= 0.6 is 34.8 Å². The summed E-state index contributed by atoms with van der Waals surface area (Å²) in [5.74, 6) is -0.931. The number of halogens is 3. The molecule has 3 aromatic carbocycles. The van der Waals surface area contributed by atoms with Crippen LogP contribution in [0.1, 0.15) is 23.6 Å². The van der Waals surface area contributed by atoms with Crippen LogP contribution < -0.4 is 9.62 Å². The Hall–Kier alpha value is -2.78. The summed E-state index contributed by atoms with van der Waals surface area (Å²) < 4.78 is 26.7. The predicted octanol–water partition coefficient (Wildman–Crippen LogP) is 5.50. The first-order valence-electron chi connectivity index (χ1n) is 12.2. The van der Waals surface area contributed by atoms with Crippen molar-refractivity contribution in [3.8, 4) is 0 Å². The first-order chi connectivity index (χ1) is 18.4. The molecule has 0 aliphatic carbocycles. The van der Waals surface area contributed by atoms with E-state index in [0.717, 1.165) is 27.3 Å². The van der Waals surface area contributed by atoms with E-state index < -0.39 is 28.5 Å². The average Bonchev–Trinajstić information content (AvgIpc) is 2.88. The first kappa shape index (κ1) is 30.8. The Morgan fingerprint density at radius 1 is 0.923 bits per heavy atom. The van der Waals surface area contributed by atoms with E-state index in [1.54, 1.807) is 6.92 Å². The fraction of sp³-hybridized carbons (Fsp3) is 0.286. The molecular weight excluding hydrogens is 581 g/mol. The van der Waals surface area contributed by atoms with Crippen molar-refractivity contribution in [1.82, 2.24) is 10.2 Å². The number of amides is 2. The van der Waals surface area contributed by atoms with Gasteiger partial charge in [-0.15, -0.1) is 0 Å². The summed E-state index contributed by atoms with van der Waals surface area (Å²) in [6.07, 6.45) is 1.20. The SMILES string of the molecule is CCNC(=O)[C@H](Cc1ccccc1)N(Cc1ccccc1C)C(=O)CN(c1cc(Cl)c(Cl)cc1Cl)S(C)(=O)=O. The molecule has 0 aliphatic rings. The van der Waals surface area contributed by atoms with Crippen LogP contribution in [0.5, 0.6) is 0 Å². The Bertz CT molecular complexity index is 1440. The summed E-state index contributed by atoms with van der Waals surface area (Å²) in [6, 6.07) is 18.6. The second-order valence-corrected chi connectivity index (χ2v) is 12.2. The van der Waals surface area contributed by atoms with Crippen LogP contribution in [0.4, 0.5) is 5.69 Å². The summed E-state index contributed by atoms with van der Waals surface area (Å²) >= 11 is 18.5. The highest BCUT2D eigenvalue weighted by Gasteiger charge is 2.33. The molecule has 0 unspecified atom stereocenters. The lowest BCUT2D eigenvalue weighted by Crippen LogP contribution is -2.53. The summed E-state index contributed by atoms with van der Waals surface area (Å²) in [5.41, 5.74) is 2.61. The van der Waals surface area contributed by atoms with Crippen LogP contribution in [-0.4, -0.2) is 50.5 Å². The van der Waals surface area contributed by atoms with Gasteiger partial charge in [0.05, 0.1) is 27.0 Å². The number of nitrogens with zero attached hydrogens (tertiary/aromatic N) is 2. The average molecular weight is 611 g/mol. The second kappa shape index (κ2) is 13.5. The van der Waals surface area contributed by atoms with E-state index in [9.17, 15) is 18.0 Å². The number of hydrogen-bond donors (Lipinski definition) is 1. The standard InChI is InChI=1S/C28H30Cl3N3O4S/c1-4-32-28(36)26(14-20-11-6-5-7-12-20)33(17-21-13-9-8-10-19(21)2)27(35)18-34(39(3,37)38)25-16-23(30)22(29)15-24(25)31/h5-13,15-16,26H,4,14,17-18H2,1-3H3,(H,32,36)/t26-/m0/s1. The number of anilines is 1. The Balaban J connectivity index is 2.09. The van der Waals surface area contributed by atoms with Crippen LogP contribution in [0.2, 0.25) is 15.1 Å². The minimum atomic E-state index is -4.00. The summed E-state index contributed by atoms with van der Waals surface area (Å²) in [4.78, 5) is 28.8. The monoisotopic (exact) mass is 609 g/mol. The number of rotatable bonds is 11. The van der Waals surface area contributed by atoms with E-state index in [-0.39, 0.29) is 39.6 Å². The van der Waals surface area contributed by atoms with Gasteiger partial charge in [-0.3, -0.25) is 13.9 Å². The smallest absolute Gasteiger partial charge is 0.244 e. The Kier molecular flexibility index (Phi) is 10.7. The third-order valence-electron chi connectivity index (χ3n) is 6.16. The maximum absolute atomic E-state index is 14.0. The number of hydrogen-bond acceptors (Lipinski definition) is 4. The van der Waals surface area contributed by atoms with Crippen molar-refractivity contribution >= 4 is 62.3 Å². The maximum Gasteiger partial charge on any atom is 0.244 e.